The van der Waals surface area contributed by atoms with Crippen molar-refractivity contribution in [2.75, 3.05) is 6.61 Å². The molecular formula is C17H21ClO5. The normalized spacial score (nSPS) is 10.2. The maximum absolute atomic E-state index is 11.7. The lowest BCUT2D eigenvalue weighted by molar-refractivity contribution is -0.144. The molecule has 0 N–H and O–H groups in total. The van der Waals surface area contributed by atoms with Crippen LogP contribution in [0.25, 0.3) is 0 Å². The summed E-state index contributed by atoms with van der Waals surface area (Å²) in [4.78, 5) is 34.1. The lowest BCUT2D eigenvalue weighted by atomic mass is 10.2. The third-order valence-electron chi connectivity index (χ3n) is 3.10. The molecule has 0 aliphatic carbocycles. The molecule has 0 spiro atoms. The van der Waals surface area contributed by atoms with Crippen LogP contribution in [0.3, 0.4) is 0 Å². The number of ether oxygens (including phenoxy) is 2. The highest BCUT2D eigenvalue weighted by molar-refractivity contribution is 6.30. The number of rotatable bonds is 10. The average molecular weight is 341 g/mol. The summed E-state index contributed by atoms with van der Waals surface area (Å²) < 4.78 is 10.1. The lowest BCUT2D eigenvalue weighted by Gasteiger charge is -2.07. The molecule has 6 heteroatoms. The summed E-state index contributed by atoms with van der Waals surface area (Å²) in [6.07, 6.45) is 4.11. The van der Waals surface area contributed by atoms with Gasteiger partial charge in [0.2, 0.25) is 0 Å². The Morgan fingerprint density at radius 1 is 1.13 bits per heavy atom. The van der Waals surface area contributed by atoms with Crippen molar-refractivity contribution in [1.82, 2.24) is 0 Å². The summed E-state index contributed by atoms with van der Waals surface area (Å²) in [7, 11) is 0. The predicted octanol–water partition coefficient (Wildman–Crippen LogP) is 3.96. The van der Waals surface area contributed by atoms with Crippen LogP contribution in [-0.4, -0.2) is 24.8 Å². The van der Waals surface area contributed by atoms with Gasteiger partial charge in [-0.2, -0.15) is 0 Å². The molecule has 0 aliphatic heterocycles. The van der Waals surface area contributed by atoms with Gasteiger partial charge in [-0.3, -0.25) is 14.4 Å². The van der Waals surface area contributed by atoms with Crippen LogP contribution in [0.1, 0.15) is 55.8 Å². The van der Waals surface area contributed by atoms with E-state index in [2.05, 4.69) is 6.92 Å². The van der Waals surface area contributed by atoms with Crippen LogP contribution < -0.4 is 4.74 Å². The molecule has 23 heavy (non-hydrogen) atoms. The Hall–Kier alpha value is -1.88. The number of carbonyl (C=O) groups is 3. The minimum Gasteiger partial charge on any atom is -0.466 e. The molecule has 0 amide bonds. The number of aldehydes is 1. The van der Waals surface area contributed by atoms with Gasteiger partial charge in [-0.05, 0) is 31.0 Å². The molecular weight excluding hydrogens is 320 g/mol. The number of halogens is 1. The Morgan fingerprint density at radius 2 is 1.87 bits per heavy atom. The zero-order chi connectivity index (χ0) is 17.1. The Bertz CT molecular complexity index is 542. The van der Waals surface area contributed by atoms with Gasteiger partial charge < -0.3 is 9.47 Å². The van der Waals surface area contributed by atoms with E-state index in [1.165, 1.54) is 18.2 Å². The Morgan fingerprint density at radius 3 is 2.57 bits per heavy atom. The van der Waals surface area contributed by atoms with E-state index in [1.54, 1.807) is 0 Å². The Kier molecular flexibility index (Phi) is 8.98. The van der Waals surface area contributed by atoms with Gasteiger partial charge in [0.15, 0.2) is 6.29 Å². The van der Waals surface area contributed by atoms with Crippen LogP contribution in [0.4, 0.5) is 0 Å². The minimum atomic E-state index is -0.505. The van der Waals surface area contributed by atoms with Crippen molar-refractivity contribution in [2.24, 2.45) is 0 Å². The van der Waals surface area contributed by atoms with E-state index < -0.39 is 5.97 Å². The van der Waals surface area contributed by atoms with Crippen LogP contribution in [0.5, 0.6) is 5.75 Å². The summed E-state index contributed by atoms with van der Waals surface area (Å²) in [6.45, 7) is 2.49. The third kappa shape index (κ3) is 7.79. The van der Waals surface area contributed by atoms with E-state index in [0.717, 1.165) is 19.3 Å². The molecule has 0 aromatic heterocycles. The zero-order valence-corrected chi connectivity index (χ0v) is 13.9. The number of hydrogen-bond donors (Lipinski definition) is 0. The first-order chi connectivity index (χ1) is 11.1. The van der Waals surface area contributed by atoms with Crippen molar-refractivity contribution in [1.29, 1.82) is 0 Å². The maximum Gasteiger partial charge on any atom is 0.311 e. The van der Waals surface area contributed by atoms with Crippen molar-refractivity contribution in [3.05, 3.63) is 28.8 Å². The van der Waals surface area contributed by atoms with E-state index in [9.17, 15) is 14.4 Å². The van der Waals surface area contributed by atoms with Crippen molar-refractivity contribution in [2.45, 2.75) is 45.4 Å². The minimum absolute atomic E-state index is 0.0744. The lowest BCUT2D eigenvalue weighted by Crippen LogP contribution is -2.11. The molecule has 1 aromatic rings. The van der Waals surface area contributed by atoms with Crippen molar-refractivity contribution >= 4 is 29.8 Å². The Balaban J connectivity index is 2.29. The molecule has 126 valence electrons. The van der Waals surface area contributed by atoms with Crippen molar-refractivity contribution in [3.63, 3.8) is 0 Å². The molecule has 0 saturated heterocycles. The fraction of sp³-hybridized carbons (Fsp3) is 0.471. The van der Waals surface area contributed by atoms with Crippen LogP contribution in [0.15, 0.2) is 18.2 Å². The first-order valence-electron chi connectivity index (χ1n) is 7.67. The third-order valence-corrected chi connectivity index (χ3v) is 3.33. The highest BCUT2D eigenvalue weighted by atomic mass is 35.5. The largest absolute Gasteiger partial charge is 0.466 e. The number of esters is 2. The molecule has 5 nitrogen and oxygen atoms in total. The number of unbranched alkanes of at least 4 members (excludes halogenated alkanes) is 2. The van der Waals surface area contributed by atoms with Crippen molar-refractivity contribution in [3.8, 4) is 5.75 Å². The van der Waals surface area contributed by atoms with Gasteiger partial charge in [0.05, 0.1) is 12.2 Å². The zero-order valence-electron chi connectivity index (χ0n) is 13.2. The molecule has 0 unspecified atom stereocenters. The van der Waals surface area contributed by atoms with Crippen LogP contribution in [-0.2, 0) is 14.3 Å². The molecule has 1 aromatic carbocycles. The van der Waals surface area contributed by atoms with Gasteiger partial charge >= 0.3 is 11.9 Å². The summed E-state index contributed by atoms with van der Waals surface area (Å²) in [6, 6.07) is 4.42. The van der Waals surface area contributed by atoms with Gasteiger partial charge in [0.1, 0.15) is 5.75 Å². The van der Waals surface area contributed by atoms with E-state index in [4.69, 9.17) is 21.1 Å². The second-order valence-corrected chi connectivity index (χ2v) is 5.49. The SMILES string of the molecule is CCCCCOC(=O)CCCC(=O)Oc1ccc(Cl)cc1C=O. The molecule has 0 atom stereocenters. The highest BCUT2D eigenvalue weighted by Gasteiger charge is 2.11. The number of hydrogen-bond acceptors (Lipinski definition) is 5. The van der Waals surface area contributed by atoms with Gasteiger partial charge in [-0.25, -0.2) is 0 Å². The van der Waals surface area contributed by atoms with E-state index in [1.807, 2.05) is 0 Å². The van der Waals surface area contributed by atoms with E-state index >= 15 is 0 Å². The topological polar surface area (TPSA) is 69.7 Å². The Labute approximate surface area is 140 Å². The molecule has 0 saturated carbocycles. The molecule has 0 heterocycles. The molecule has 0 bridgehead atoms. The maximum atomic E-state index is 11.7. The van der Waals surface area contributed by atoms with E-state index in [-0.39, 0.29) is 30.1 Å². The quantitative estimate of drug-likeness (QED) is 0.279. The van der Waals surface area contributed by atoms with Gasteiger partial charge in [-0.1, -0.05) is 31.4 Å². The summed E-state index contributed by atoms with van der Waals surface area (Å²) in [5.41, 5.74) is 0.209. The summed E-state index contributed by atoms with van der Waals surface area (Å²) >= 11 is 5.76. The monoisotopic (exact) mass is 340 g/mol. The fourth-order valence-electron chi connectivity index (χ4n) is 1.87. The standard InChI is InChI=1S/C17H21ClO5/c1-2-3-4-10-22-16(20)6-5-7-17(21)23-15-9-8-14(18)11-13(15)12-19/h8-9,11-12H,2-7,10H2,1H3. The van der Waals surface area contributed by atoms with Crippen LogP contribution >= 0.6 is 11.6 Å². The fourth-order valence-corrected chi connectivity index (χ4v) is 2.05. The predicted molar refractivity (Wildman–Crippen MR) is 86.8 cm³/mol. The van der Waals surface area contributed by atoms with Crippen LogP contribution in [0, 0.1) is 0 Å². The van der Waals surface area contributed by atoms with E-state index in [0.29, 0.717) is 24.3 Å². The van der Waals surface area contributed by atoms with Crippen LogP contribution in [0.2, 0.25) is 5.02 Å². The molecule has 0 aliphatic rings. The molecule has 0 radical (unpaired) electrons. The van der Waals surface area contributed by atoms with Crippen molar-refractivity contribution < 1.29 is 23.9 Å². The second kappa shape index (κ2) is 10.8. The highest BCUT2D eigenvalue weighted by Crippen LogP contribution is 2.21. The molecule has 0 fully saturated rings. The average Bonchev–Trinajstić information content (AvgIpc) is 2.53. The van der Waals surface area contributed by atoms with Gasteiger partial charge in [-0.15, -0.1) is 0 Å². The summed E-state index contributed by atoms with van der Waals surface area (Å²) in [5, 5.41) is 0.387. The number of benzene rings is 1. The number of carbonyl (C=O) groups excluding carboxylic acids is 3. The van der Waals surface area contributed by atoms with Gasteiger partial charge in [0.25, 0.3) is 0 Å². The van der Waals surface area contributed by atoms with Gasteiger partial charge in [0, 0.05) is 17.9 Å². The summed E-state index contributed by atoms with van der Waals surface area (Å²) in [5.74, 6) is -0.653. The molecule has 1 rings (SSSR count). The first kappa shape index (κ1) is 19.2. The smallest absolute Gasteiger partial charge is 0.311 e. The first-order valence-corrected chi connectivity index (χ1v) is 8.05. The second-order valence-electron chi connectivity index (χ2n) is 5.06.